The zero-order valence-electron chi connectivity index (χ0n) is 44.3. The normalized spacial score (nSPS) is 11.8. The van der Waals surface area contributed by atoms with Gasteiger partial charge in [-0.25, -0.2) is 4.85 Å². The fourth-order valence-electron chi connectivity index (χ4n) is 12.1. The van der Waals surface area contributed by atoms with E-state index in [2.05, 4.69) is 224 Å². The highest BCUT2D eigenvalue weighted by Gasteiger charge is 2.31. The Labute approximate surface area is 457 Å². The smallest absolute Gasteiger partial charge is 0.310 e. The van der Waals surface area contributed by atoms with Crippen molar-refractivity contribution >= 4 is 49.3 Å². The number of rotatable bonds is 8. The predicted octanol–water partition coefficient (Wildman–Crippen LogP) is 21.0. The van der Waals surface area contributed by atoms with Gasteiger partial charge in [0.05, 0.1) is 39.9 Å². The number of halogens is 3. The zero-order chi connectivity index (χ0) is 54.3. The van der Waals surface area contributed by atoms with E-state index in [1.54, 1.807) is 6.92 Å². The van der Waals surface area contributed by atoms with Crippen LogP contribution in [0.2, 0.25) is 0 Å². The first-order valence-electron chi connectivity index (χ1n) is 26.6. The first-order valence-corrected chi connectivity index (χ1v) is 26.6. The maximum Gasteiger partial charge on any atom is 0.416 e. The summed E-state index contributed by atoms with van der Waals surface area (Å²) in [6, 6.07) is 76.6. The van der Waals surface area contributed by atoms with Gasteiger partial charge in [-0.1, -0.05) is 152 Å². The standard InChI is InChI=1S/C73H52F3N3/c1-44-35-54(37-55(36-44)73(74,75)76)49-23-29-61(71(42-49)78-67-31-24-50(57-19-11-7-15-45(57)2)38-63(67)64-39-51(25-32-68(64)78)58-20-12-8-16-46(58)3)62-30-28-56(77-6)43-72(62)79-69-33-26-52(59-21-13-9-17-47(59)4)40-65(69)66-41-53(27-34-70(66)79)60-22-14-10-18-48(60)5/h7-43H,1-5H3. The largest absolute Gasteiger partial charge is 0.416 e. The topological polar surface area (TPSA) is 14.2 Å². The van der Waals surface area contributed by atoms with Crippen LogP contribution < -0.4 is 0 Å². The molecule has 0 spiro atoms. The fourth-order valence-corrected chi connectivity index (χ4v) is 12.1. The number of alkyl halides is 3. The van der Waals surface area contributed by atoms with Crippen LogP contribution in [-0.4, -0.2) is 9.13 Å². The molecule has 0 atom stereocenters. The molecular formula is C73H52F3N3. The second kappa shape index (κ2) is 19.1. The van der Waals surface area contributed by atoms with Gasteiger partial charge in [0.1, 0.15) is 0 Å². The summed E-state index contributed by atoms with van der Waals surface area (Å²) >= 11 is 0. The number of fused-ring (bicyclic) bond motifs is 6. The Hall–Kier alpha value is -9.70. The summed E-state index contributed by atoms with van der Waals surface area (Å²) in [5.41, 5.74) is 22.1. The molecule has 13 aromatic rings. The van der Waals surface area contributed by atoms with Gasteiger partial charge in [0.2, 0.25) is 0 Å². The Morgan fingerprint density at radius 1 is 0.329 bits per heavy atom. The Balaban J connectivity index is 1.13. The zero-order valence-corrected chi connectivity index (χ0v) is 44.3. The van der Waals surface area contributed by atoms with Crippen molar-refractivity contribution in [1.82, 2.24) is 9.13 Å². The summed E-state index contributed by atoms with van der Waals surface area (Å²) in [7, 11) is 0. The van der Waals surface area contributed by atoms with Crippen molar-refractivity contribution in [3.8, 4) is 78.1 Å². The van der Waals surface area contributed by atoms with E-state index in [1.807, 2.05) is 30.3 Å². The molecule has 0 aliphatic heterocycles. The van der Waals surface area contributed by atoms with E-state index < -0.39 is 11.7 Å². The first-order chi connectivity index (χ1) is 38.3. The van der Waals surface area contributed by atoms with Gasteiger partial charge in [-0.2, -0.15) is 13.2 Å². The van der Waals surface area contributed by atoms with Crippen LogP contribution in [0.1, 0.15) is 33.4 Å². The van der Waals surface area contributed by atoms with Gasteiger partial charge in [0.25, 0.3) is 0 Å². The molecule has 0 unspecified atom stereocenters. The number of benzene rings is 11. The van der Waals surface area contributed by atoms with Crippen molar-refractivity contribution in [3.05, 3.63) is 269 Å². The number of aryl methyl sites for hydroxylation is 5. The molecule has 13 rings (SSSR count). The van der Waals surface area contributed by atoms with E-state index in [-0.39, 0.29) is 0 Å². The molecule has 2 heterocycles. The molecule has 6 heteroatoms. The number of hydrogen-bond acceptors (Lipinski definition) is 0. The van der Waals surface area contributed by atoms with Gasteiger partial charge in [0.15, 0.2) is 5.69 Å². The molecule has 3 nitrogen and oxygen atoms in total. The second-order valence-corrected chi connectivity index (χ2v) is 21.0. The van der Waals surface area contributed by atoms with Gasteiger partial charge in [-0.05, 0) is 191 Å². The molecule has 0 fully saturated rings. The van der Waals surface area contributed by atoms with Crippen molar-refractivity contribution < 1.29 is 13.2 Å². The average Bonchev–Trinajstić information content (AvgIpc) is 4.14. The molecule has 0 radical (unpaired) electrons. The lowest BCUT2D eigenvalue weighted by molar-refractivity contribution is -0.137. The molecule has 0 aliphatic carbocycles. The van der Waals surface area contributed by atoms with Crippen LogP contribution in [0, 0.1) is 41.2 Å². The van der Waals surface area contributed by atoms with Gasteiger partial charge in [-0.15, -0.1) is 0 Å². The van der Waals surface area contributed by atoms with Gasteiger partial charge >= 0.3 is 6.18 Å². The van der Waals surface area contributed by atoms with E-state index >= 15 is 0 Å². The summed E-state index contributed by atoms with van der Waals surface area (Å²) < 4.78 is 48.5. The van der Waals surface area contributed by atoms with Crippen molar-refractivity contribution in [1.29, 1.82) is 0 Å². The summed E-state index contributed by atoms with van der Waals surface area (Å²) in [5, 5.41) is 4.21. The van der Waals surface area contributed by atoms with Crippen LogP contribution in [0.15, 0.2) is 224 Å². The third-order valence-corrected chi connectivity index (χ3v) is 16.0. The lowest BCUT2D eigenvalue weighted by Gasteiger charge is -2.21. The number of nitrogens with zero attached hydrogens (tertiary/aromatic N) is 3. The molecule has 0 saturated carbocycles. The Bertz CT molecular complexity index is 4470. The summed E-state index contributed by atoms with van der Waals surface area (Å²) in [6.07, 6.45) is -4.54. The third kappa shape index (κ3) is 8.47. The first kappa shape index (κ1) is 48.9. The molecule has 0 bridgehead atoms. The van der Waals surface area contributed by atoms with E-state index in [4.69, 9.17) is 6.57 Å². The molecule has 0 N–H and O–H groups in total. The van der Waals surface area contributed by atoms with Gasteiger partial charge in [0, 0.05) is 38.4 Å². The maximum atomic E-state index is 14.6. The minimum Gasteiger partial charge on any atom is -0.310 e. The molecular weight excluding hydrogens is 976 g/mol. The van der Waals surface area contributed by atoms with Crippen LogP contribution >= 0.6 is 0 Å². The number of aromatic nitrogens is 2. The van der Waals surface area contributed by atoms with E-state index in [9.17, 15) is 13.2 Å². The molecule has 0 amide bonds. The lowest BCUT2D eigenvalue weighted by Crippen LogP contribution is -2.05. The van der Waals surface area contributed by atoms with Gasteiger partial charge in [-0.3, -0.25) is 0 Å². The highest BCUT2D eigenvalue weighted by Crippen LogP contribution is 2.46. The SMILES string of the molecule is [C-]#[N+]c1ccc(-c2ccc(-c3cc(C)cc(C(F)(F)F)c3)cc2-n2c3ccc(-c4ccccc4C)cc3c3cc(-c4ccccc4C)ccc32)c(-n2c3ccc(-c4ccccc4C)cc3c3cc(-c4ccccc4C)ccc32)c1. The predicted molar refractivity (Wildman–Crippen MR) is 323 cm³/mol. The Morgan fingerprint density at radius 3 is 1.05 bits per heavy atom. The summed E-state index contributed by atoms with van der Waals surface area (Å²) in [5.74, 6) is 0. The highest BCUT2D eigenvalue weighted by molar-refractivity contribution is 6.14. The molecule has 11 aromatic carbocycles. The maximum absolute atomic E-state index is 14.6. The summed E-state index contributed by atoms with van der Waals surface area (Å²) in [4.78, 5) is 4.03. The van der Waals surface area contributed by atoms with Crippen LogP contribution in [0.3, 0.4) is 0 Å². The van der Waals surface area contributed by atoms with Crippen LogP contribution in [0.5, 0.6) is 0 Å². The van der Waals surface area contributed by atoms with E-state index in [1.165, 1.54) is 23.3 Å². The van der Waals surface area contributed by atoms with E-state index in [0.717, 1.165) is 122 Å². The monoisotopic (exact) mass is 1030 g/mol. The molecule has 79 heavy (non-hydrogen) atoms. The third-order valence-electron chi connectivity index (χ3n) is 16.0. The van der Waals surface area contributed by atoms with E-state index in [0.29, 0.717) is 22.4 Å². The van der Waals surface area contributed by atoms with Crippen LogP contribution in [-0.2, 0) is 6.18 Å². The average molecular weight is 1030 g/mol. The number of hydrogen-bond donors (Lipinski definition) is 0. The van der Waals surface area contributed by atoms with Crippen molar-refractivity contribution in [2.75, 3.05) is 0 Å². The van der Waals surface area contributed by atoms with Crippen molar-refractivity contribution in [2.24, 2.45) is 0 Å². The van der Waals surface area contributed by atoms with Gasteiger partial charge < -0.3 is 9.13 Å². The van der Waals surface area contributed by atoms with Crippen LogP contribution in [0.25, 0.3) is 127 Å². The van der Waals surface area contributed by atoms with Crippen molar-refractivity contribution in [3.63, 3.8) is 0 Å². The Morgan fingerprint density at radius 2 is 0.684 bits per heavy atom. The minimum atomic E-state index is -4.54. The molecule has 0 aliphatic rings. The molecule has 2 aromatic heterocycles. The van der Waals surface area contributed by atoms with Crippen LogP contribution in [0.4, 0.5) is 18.9 Å². The molecule has 0 saturated heterocycles. The summed E-state index contributed by atoms with van der Waals surface area (Å²) in [6.45, 7) is 18.7. The Kier molecular flexibility index (Phi) is 11.8. The second-order valence-electron chi connectivity index (χ2n) is 21.0. The van der Waals surface area contributed by atoms with Crippen molar-refractivity contribution in [2.45, 2.75) is 40.8 Å². The minimum absolute atomic E-state index is 0.462. The quantitative estimate of drug-likeness (QED) is 0.135. The highest BCUT2D eigenvalue weighted by atomic mass is 19.4. The lowest BCUT2D eigenvalue weighted by atomic mass is 9.94. The fraction of sp³-hybridized carbons (Fsp3) is 0.0822. The molecule has 380 valence electrons.